The third-order valence-electron chi connectivity index (χ3n) is 4.46. The number of hydrogen-bond acceptors (Lipinski definition) is 2. The number of hydrogen-bond donors (Lipinski definition) is 0. The molecule has 0 heterocycles. The highest BCUT2D eigenvalue weighted by Gasteiger charge is 2.14. The third kappa shape index (κ3) is 4.46. The molecule has 26 heavy (non-hydrogen) atoms. The fourth-order valence-electron chi connectivity index (χ4n) is 3.03. The van der Waals surface area contributed by atoms with Crippen molar-refractivity contribution < 1.29 is 9.18 Å². The molecule has 0 aliphatic rings. The van der Waals surface area contributed by atoms with E-state index in [0.717, 1.165) is 5.56 Å². The quantitative estimate of drug-likeness (QED) is 0.669. The van der Waals surface area contributed by atoms with Crippen LogP contribution in [0.2, 0.25) is 0 Å². The minimum Gasteiger partial charge on any atom is -0.340 e. The van der Waals surface area contributed by atoms with Crippen LogP contribution in [0, 0.1) is 5.82 Å². The van der Waals surface area contributed by atoms with Crippen molar-refractivity contribution in [2.45, 2.75) is 13.1 Å². The minimum atomic E-state index is -0.281. The van der Waals surface area contributed by atoms with Gasteiger partial charge in [0.25, 0.3) is 0 Å². The summed E-state index contributed by atoms with van der Waals surface area (Å²) in [6.45, 7) is 1.25. The maximum Gasteiger partial charge on any atom is 0.236 e. The van der Waals surface area contributed by atoms with E-state index in [1.807, 2.05) is 24.1 Å². The van der Waals surface area contributed by atoms with Crippen LogP contribution in [0.15, 0.2) is 66.7 Å². The van der Waals surface area contributed by atoms with Gasteiger partial charge in [-0.05, 0) is 35.5 Å². The molecule has 0 N–H and O–H groups in total. The van der Waals surface area contributed by atoms with Crippen LogP contribution in [-0.4, -0.2) is 36.3 Å². The number of amides is 1. The molecule has 0 saturated carbocycles. The normalized spacial score (nSPS) is 11.1. The van der Waals surface area contributed by atoms with Crippen molar-refractivity contribution in [1.82, 2.24) is 9.80 Å². The van der Waals surface area contributed by atoms with E-state index in [2.05, 4.69) is 30.3 Å². The SMILES string of the molecule is CN(CC(=O)N(C)Cc1ccccc1F)Cc1ccc2ccccc2c1. The molecule has 0 aliphatic carbocycles. The number of nitrogens with zero attached hydrogens (tertiary/aromatic N) is 2. The highest BCUT2D eigenvalue weighted by Crippen LogP contribution is 2.16. The van der Waals surface area contributed by atoms with Crippen LogP contribution >= 0.6 is 0 Å². The number of fused-ring (bicyclic) bond motifs is 1. The Morgan fingerprint density at radius 3 is 2.35 bits per heavy atom. The molecule has 0 aliphatic heterocycles. The van der Waals surface area contributed by atoms with Gasteiger partial charge in [-0.2, -0.15) is 0 Å². The first-order valence-corrected chi connectivity index (χ1v) is 8.66. The molecule has 0 fully saturated rings. The van der Waals surface area contributed by atoms with Gasteiger partial charge in [0.2, 0.25) is 5.91 Å². The topological polar surface area (TPSA) is 23.6 Å². The molecule has 0 atom stereocenters. The zero-order valence-electron chi connectivity index (χ0n) is 15.2. The van der Waals surface area contributed by atoms with Gasteiger partial charge in [-0.15, -0.1) is 0 Å². The Labute approximate surface area is 153 Å². The average molecular weight is 350 g/mol. The van der Waals surface area contributed by atoms with Crippen molar-refractivity contribution in [1.29, 1.82) is 0 Å². The van der Waals surface area contributed by atoms with E-state index in [4.69, 9.17) is 0 Å². The van der Waals surface area contributed by atoms with E-state index in [1.165, 1.54) is 16.8 Å². The first-order valence-electron chi connectivity index (χ1n) is 8.66. The summed E-state index contributed by atoms with van der Waals surface area (Å²) < 4.78 is 13.7. The molecule has 134 valence electrons. The lowest BCUT2D eigenvalue weighted by Gasteiger charge is -2.22. The van der Waals surface area contributed by atoms with Crippen molar-refractivity contribution in [3.63, 3.8) is 0 Å². The van der Waals surface area contributed by atoms with Crippen molar-refractivity contribution in [2.24, 2.45) is 0 Å². The molecular formula is C22H23FN2O. The van der Waals surface area contributed by atoms with Crippen LogP contribution in [0.5, 0.6) is 0 Å². The lowest BCUT2D eigenvalue weighted by atomic mass is 10.1. The van der Waals surface area contributed by atoms with Gasteiger partial charge in [-0.1, -0.05) is 54.6 Å². The summed E-state index contributed by atoms with van der Waals surface area (Å²) >= 11 is 0. The number of halogens is 1. The first-order chi connectivity index (χ1) is 12.5. The summed E-state index contributed by atoms with van der Waals surface area (Å²) in [5, 5.41) is 2.40. The molecule has 3 aromatic rings. The highest BCUT2D eigenvalue weighted by atomic mass is 19.1. The van der Waals surface area contributed by atoms with Crippen molar-refractivity contribution in [3.8, 4) is 0 Å². The molecule has 0 bridgehead atoms. The van der Waals surface area contributed by atoms with E-state index in [9.17, 15) is 9.18 Å². The molecule has 4 heteroatoms. The Balaban J connectivity index is 1.58. The molecule has 3 nitrogen and oxygen atoms in total. The van der Waals surface area contributed by atoms with Gasteiger partial charge in [0.15, 0.2) is 0 Å². The Morgan fingerprint density at radius 2 is 1.58 bits per heavy atom. The highest BCUT2D eigenvalue weighted by molar-refractivity contribution is 5.83. The number of carbonyl (C=O) groups excluding carboxylic acids is 1. The van der Waals surface area contributed by atoms with Crippen LogP contribution in [0.25, 0.3) is 10.8 Å². The standard InChI is InChI=1S/C22H23FN2O/c1-24(14-17-11-12-18-7-3-4-8-19(18)13-17)16-22(26)25(2)15-20-9-5-6-10-21(20)23/h3-13H,14-16H2,1-2H3. The van der Waals surface area contributed by atoms with E-state index >= 15 is 0 Å². The number of benzene rings is 3. The van der Waals surface area contributed by atoms with E-state index in [0.29, 0.717) is 12.1 Å². The second-order valence-electron chi connectivity index (χ2n) is 6.70. The molecular weight excluding hydrogens is 327 g/mol. The average Bonchev–Trinajstić information content (AvgIpc) is 2.63. The van der Waals surface area contributed by atoms with E-state index < -0.39 is 0 Å². The monoisotopic (exact) mass is 350 g/mol. The fourth-order valence-corrected chi connectivity index (χ4v) is 3.03. The Bertz CT molecular complexity index is 909. The van der Waals surface area contributed by atoms with Gasteiger partial charge in [0, 0.05) is 25.7 Å². The molecule has 0 spiro atoms. The van der Waals surface area contributed by atoms with Crippen LogP contribution in [0.1, 0.15) is 11.1 Å². The molecule has 0 aromatic heterocycles. The van der Waals surface area contributed by atoms with Crippen LogP contribution in [0.3, 0.4) is 0 Å². The number of likely N-dealkylation sites (N-methyl/N-ethyl adjacent to an activating group) is 2. The maximum absolute atomic E-state index is 13.7. The second kappa shape index (κ2) is 8.11. The zero-order chi connectivity index (χ0) is 18.5. The van der Waals surface area contributed by atoms with Crippen molar-refractivity contribution in [3.05, 3.63) is 83.7 Å². The molecule has 1 amide bonds. The van der Waals surface area contributed by atoms with Gasteiger partial charge in [-0.3, -0.25) is 9.69 Å². The lowest BCUT2D eigenvalue weighted by Crippen LogP contribution is -2.36. The predicted octanol–water partition coefficient (Wildman–Crippen LogP) is 4.07. The molecule has 0 unspecified atom stereocenters. The Kier molecular flexibility index (Phi) is 5.64. The van der Waals surface area contributed by atoms with Crippen LogP contribution in [-0.2, 0) is 17.9 Å². The Morgan fingerprint density at radius 1 is 0.885 bits per heavy atom. The largest absolute Gasteiger partial charge is 0.340 e. The summed E-state index contributed by atoms with van der Waals surface area (Å²) in [5.74, 6) is -0.312. The third-order valence-corrected chi connectivity index (χ3v) is 4.46. The second-order valence-corrected chi connectivity index (χ2v) is 6.70. The van der Waals surface area contributed by atoms with Gasteiger partial charge in [-0.25, -0.2) is 4.39 Å². The summed E-state index contributed by atoms with van der Waals surface area (Å²) in [6.07, 6.45) is 0. The van der Waals surface area contributed by atoms with E-state index in [-0.39, 0.29) is 24.8 Å². The smallest absolute Gasteiger partial charge is 0.236 e. The zero-order valence-corrected chi connectivity index (χ0v) is 15.2. The van der Waals surface area contributed by atoms with Gasteiger partial charge in [0.1, 0.15) is 5.82 Å². The lowest BCUT2D eigenvalue weighted by molar-refractivity contribution is -0.131. The Hall–Kier alpha value is -2.72. The molecule has 3 rings (SSSR count). The van der Waals surface area contributed by atoms with Gasteiger partial charge >= 0.3 is 0 Å². The first kappa shape index (κ1) is 18.1. The number of rotatable bonds is 6. The molecule has 0 radical (unpaired) electrons. The van der Waals surface area contributed by atoms with Gasteiger partial charge < -0.3 is 4.90 Å². The summed E-state index contributed by atoms with van der Waals surface area (Å²) in [6, 6.07) is 21.1. The van der Waals surface area contributed by atoms with Crippen molar-refractivity contribution in [2.75, 3.05) is 20.6 Å². The molecule has 0 saturated heterocycles. The van der Waals surface area contributed by atoms with E-state index in [1.54, 1.807) is 30.1 Å². The fraction of sp³-hybridized carbons (Fsp3) is 0.227. The summed E-state index contributed by atoms with van der Waals surface area (Å²) in [5.41, 5.74) is 1.69. The molecule has 3 aromatic carbocycles. The van der Waals surface area contributed by atoms with Gasteiger partial charge in [0.05, 0.1) is 6.54 Å². The maximum atomic E-state index is 13.7. The summed E-state index contributed by atoms with van der Waals surface area (Å²) in [7, 11) is 3.63. The summed E-state index contributed by atoms with van der Waals surface area (Å²) in [4.78, 5) is 16.0. The number of carbonyl (C=O) groups is 1. The predicted molar refractivity (Wildman–Crippen MR) is 103 cm³/mol. The van der Waals surface area contributed by atoms with Crippen LogP contribution in [0.4, 0.5) is 4.39 Å². The minimum absolute atomic E-state index is 0.0310. The van der Waals surface area contributed by atoms with Crippen LogP contribution < -0.4 is 0 Å². The van der Waals surface area contributed by atoms with Crippen molar-refractivity contribution >= 4 is 16.7 Å².